The van der Waals surface area contributed by atoms with Crippen LogP contribution in [-0.4, -0.2) is 29.6 Å². The van der Waals surface area contributed by atoms with E-state index in [1.165, 1.54) is 11.3 Å². The molecule has 0 radical (unpaired) electrons. The van der Waals surface area contributed by atoms with Crippen molar-refractivity contribution in [3.63, 3.8) is 0 Å². The van der Waals surface area contributed by atoms with Crippen LogP contribution >= 0.6 is 38.9 Å². The van der Waals surface area contributed by atoms with Crippen LogP contribution in [0.5, 0.6) is 0 Å². The monoisotopic (exact) mass is 311 g/mol. The summed E-state index contributed by atoms with van der Waals surface area (Å²) in [6.45, 7) is 1.27. The summed E-state index contributed by atoms with van der Waals surface area (Å²) in [5.41, 5.74) is 0. The molecule has 1 N–H and O–H groups in total. The molecule has 0 amide bonds. The zero-order valence-electron chi connectivity index (χ0n) is 8.17. The Kier molecular flexibility index (Phi) is 5.05. The van der Waals surface area contributed by atoms with E-state index in [4.69, 9.17) is 16.7 Å². The Balaban J connectivity index is 2.44. The Hall–Kier alpha value is -0.100. The van der Waals surface area contributed by atoms with E-state index in [9.17, 15) is 4.79 Å². The zero-order valence-corrected chi connectivity index (χ0v) is 11.3. The minimum atomic E-state index is -0.771. The van der Waals surface area contributed by atoms with E-state index in [1.54, 1.807) is 0 Å². The molecule has 0 bridgehead atoms. The largest absolute Gasteiger partial charge is 0.481 e. The predicted molar refractivity (Wildman–Crippen MR) is 65.6 cm³/mol. The highest BCUT2D eigenvalue weighted by Gasteiger charge is 2.08. The molecule has 6 heteroatoms. The van der Waals surface area contributed by atoms with E-state index in [0.717, 1.165) is 20.2 Å². The van der Waals surface area contributed by atoms with Crippen molar-refractivity contribution in [3.8, 4) is 0 Å². The molecule has 0 saturated carbocycles. The summed E-state index contributed by atoms with van der Waals surface area (Å²) in [6, 6.07) is 1.96. The highest BCUT2D eigenvalue weighted by atomic mass is 79.9. The summed E-state index contributed by atoms with van der Waals surface area (Å²) in [7, 11) is 1.89. The number of carboxylic acids is 1. The van der Waals surface area contributed by atoms with Crippen molar-refractivity contribution in [3.05, 3.63) is 19.8 Å². The van der Waals surface area contributed by atoms with Gasteiger partial charge >= 0.3 is 5.97 Å². The van der Waals surface area contributed by atoms with E-state index in [0.29, 0.717) is 6.54 Å². The van der Waals surface area contributed by atoms with Crippen LogP contribution in [0.4, 0.5) is 0 Å². The lowest BCUT2D eigenvalue weighted by atomic mass is 10.3. The van der Waals surface area contributed by atoms with Crippen molar-refractivity contribution in [2.45, 2.75) is 13.0 Å². The molecule has 0 aliphatic rings. The van der Waals surface area contributed by atoms with Gasteiger partial charge in [-0.1, -0.05) is 11.6 Å². The second-order valence-corrected chi connectivity index (χ2v) is 5.81. The van der Waals surface area contributed by atoms with Crippen molar-refractivity contribution >= 4 is 44.8 Å². The number of carbonyl (C=O) groups is 1. The molecule has 1 aromatic heterocycles. The van der Waals surface area contributed by atoms with Gasteiger partial charge < -0.3 is 10.0 Å². The average Bonchev–Trinajstić information content (AvgIpc) is 2.42. The molecule has 1 aromatic rings. The molecule has 0 aromatic carbocycles. The van der Waals surface area contributed by atoms with Crippen LogP contribution < -0.4 is 0 Å². The molecule has 0 aliphatic heterocycles. The van der Waals surface area contributed by atoms with Crippen LogP contribution in [0.2, 0.25) is 4.34 Å². The first-order valence-corrected chi connectivity index (χ1v) is 6.32. The highest BCUT2D eigenvalue weighted by molar-refractivity contribution is 9.10. The van der Waals surface area contributed by atoms with Gasteiger partial charge in [0.05, 0.1) is 6.42 Å². The van der Waals surface area contributed by atoms with Gasteiger partial charge in [0.25, 0.3) is 0 Å². The number of aliphatic carboxylic acids is 1. The second-order valence-electron chi connectivity index (χ2n) is 3.22. The fourth-order valence-corrected chi connectivity index (χ4v) is 2.97. The van der Waals surface area contributed by atoms with Crippen molar-refractivity contribution in [2.24, 2.45) is 0 Å². The number of hydrogen-bond acceptors (Lipinski definition) is 3. The second kappa shape index (κ2) is 5.84. The third kappa shape index (κ3) is 4.51. The molecule has 0 aliphatic carbocycles. The van der Waals surface area contributed by atoms with Gasteiger partial charge in [0.1, 0.15) is 4.34 Å². The Labute approximate surface area is 106 Å². The van der Waals surface area contributed by atoms with Gasteiger partial charge in [0.2, 0.25) is 0 Å². The smallest absolute Gasteiger partial charge is 0.304 e. The van der Waals surface area contributed by atoms with E-state index in [2.05, 4.69) is 15.9 Å². The van der Waals surface area contributed by atoms with Crippen molar-refractivity contribution in [1.82, 2.24) is 4.90 Å². The van der Waals surface area contributed by atoms with Gasteiger partial charge in [-0.05, 0) is 29.0 Å². The number of nitrogens with zero attached hydrogens (tertiary/aromatic N) is 1. The fourth-order valence-electron chi connectivity index (χ4n) is 1.10. The van der Waals surface area contributed by atoms with Gasteiger partial charge in [0.15, 0.2) is 0 Å². The van der Waals surface area contributed by atoms with Crippen molar-refractivity contribution in [2.75, 3.05) is 13.6 Å². The van der Waals surface area contributed by atoms with E-state index in [1.807, 2.05) is 18.0 Å². The molecule has 1 heterocycles. The van der Waals surface area contributed by atoms with Crippen LogP contribution in [-0.2, 0) is 11.3 Å². The molecule has 0 atom stereocenters. The molecule has 84 valence electrons. The Morgan fingerprint density at radius 1 is 1.73 bits per heavy atom. The van der Waals surface area contributed by atoms with Gasteiger partial charge in [-0.2, -0.15) is 0 Å². The molecule has 0 unspecified atom stereocenters. The molecule has 0 saturated heterocycles. The van der Waals surface area contributed by atoms with Crippen LogP contribution in [0.1, 0.15) is 11.3 Å². The first-order valence-electron chi connectivity index (χ1n) is 4.33. The molecule has 15 heavy (non-hydrogen) atoms. The van der Waals surface area contributed by atoms with Crippen LogP contribution in [0.3, 0.4) is 0 Å². The zero-order chi connectivity index (χ0) is 11.4. The lowest BCUT2D eigenvalue weighted by molar-refractivity contribution is -0.137. The predicted octanol–water partition coefficient (Wildman–Crippen LogP) is 3.07. The molecular formula is C9H11BrClNO2S. The van der Waals surface area contributed by atoms with Crippen LogP contribution in [0, 0.1) is 0 Å². The Bertz CT molecular complexity index is 336. The highest BCUT2D eigenvalue weighted by Crippen LogP contribution is 2.32. The minimum Gasteiger partial charge on any atom is -0.481 e. The lowest BCUT2D eigenvalue weighted by Gasteiger charge is -2.13. The summed E-state index contributed by atoms with van der Waals surface area (Å²) in [5, 5.41) is 8.52. The topological polar surface area (TPSA) is 40.5 Å². The average molecular weight is 313 g/mol. The van der Waals surface area contributed by atoms with Crippen molar-refractivity contribution in [1.29, 1.82) is 0 Å². The Morgan fingerprint density at radius 3 is 2.87 bits per heavy atom. The summed E-state index contributed by atoms with van der Waals surface area (Å²) < 4.78 is 1.63. The van der Waals surface area contributed by atoms with Crippen LogP contribution in [0.15, 0.2) is 10.5 Å². The van der Waals surface area contributed by atoms with Crippen LogP contribution in [0.25, 0.3) is 0 Å². The molecule has 1 rings (SSSR count). The molecule has 0 spiro atoms. The van der Waals surface area contributed by atoms with Crippen molar-refractivity contribution < 1.29 is 9.90 Å². The third-order valence-corrected chi connectivity index (χ3v) is 4.29. The maximum atomic E-state index is 10.4. The molecular weight excluding hydrogens is 302 g/mol. The Morgan fingerprint density at radius 2 is 2.40 bits per heavy atom. The molecule has 3 nitrogen and oxygen atoms in total. The number of thiophene rings is 1. The number of halogens is 2. The maximum absolute atomic E-state index is 10.4. The number of rotatable bonds is 5. The van der Waals surface area contributed by atoms with E-state index >= 15 is 0 Å². The first kappa shape index (κ1) is 13.0. The first-order chi connectivity index (χ1) is 6.99. The number of carboxylic acid groups (broad SMARTS) is 1. The van der Waals surface area contributed by atoms with Gasteiger partial charge in [0, 0.05) is 22.4 Å². The lowest BCUT2D eigenvalue weighted by Crippen LogP contribution is -2.20. The van der Waals surface area contributed by atoms with Gasteiger partial charge in [-0.3, -0.25) is 4.79 Å². The summed E-state index contributed by atoms with van der Waals surface area (Å²) in [4.78, 5) is 13.4. The van der Waals surface area contributed by atoms with E-state index < -0.39 is 5.97 Å². The van der Waals surface area contributed by atoms with E-state index in [-0.39, 0.29) is 6.42 Å². The van der Waals surface area contributed by atoms with Gasteiger partial charge in [-0.15, -0.1) is 11.3 Å². The van der Waals surface area contributed by atoms with Gasteiger partial charge in [-0.25, -0.2) is 0 Å². The minimum absolute atomic E-state index is 0.163. The maximum Gasteiger partial charge on any atom is 0.304 e. The summed E-state index contributed by atoms with van der Waals surface area (Å²) >= 11 is 10.7. The quantitative estimate of drug-likeness (QED) is 0.908. The normalized spacial score (nSPS) is 10.9. The number of hydrogen-bond donors (Lipinski definition) is 1. The molecule has 0 fully saturated rings. The summed E-state index contributed by atoms with van der Waals surface area (Å²) in [6.07, 6.45) is 0.163. The third-order valence-electron chi connectivity index (χ3n) is 1.83. The summed E-state index contributed by atoms with van der Waals surface area (Å²) in [5.74, 6) is -0.771. The fraction of sp³-hybridized carbons (Fsp3) is 0.444. The standard InChI is InChI=1S/C9H11BrClNO2S/c1-12(3-2-8(13)14)5-6-4-7(10)9(11)15-6/h4H,2-3,5H2,1H3,(H,13,14). The SMILES string of the molecule is CN(CCC(=O)O)Cc1cc(Br)c(Cl)s1.